The molecule has 0 unspecified atom stereocenters. The molecule has 1 aromatic carbocycles. The number of halogens is 1. The summed E-state index contributed by atoms with van der Waals surface area (Å²) in [5.41, 5.74) is 1.72. The molecule has 0 atom stereocenters. The maximum Gasteiger partial charge on any atom is 0.0992 e. The summed E-state index contributed by atoms with van der Waals surface area (Å²) in [6.07, 6.45) is 0. The monoisotopic (exact) mass is 211 g/mol. The van der Waals surface area contributed by atoms with Gasteiger partial charge in [-0.3, -0.25) is 0 Å². The van der Waals surface area contributed by atoms with E-state index in [9.17, 15) is 0 Å². The van der Waals surface area contributed by atoms with Crippen molar-refractivity contribution in [1.29, 1.82) is 5.26 Å². The van der Waals surface area contributed by atoms with Gasteiger partial charge in [0.15, 0.2) is 0 Å². The third kappa shape index (κ3) is 2.95. The molecule has 1 rings (SSSR count). The van der Waals surface area contributed by atoms with E-state index in [1.54, 1.807) is 12.1 Å². The summed E-state index contributed by atoms with van der Waals surface area (Å²) < 4.78 is 0. The Morgan fingerprint density at radius 2 is 2.31 bits per heavy atom. The van der Waals surface area contributed by atoms with Crippen LogP contribution in [0.3, 0.4) is 0 Å². The predicted octanol–water partition coefficient (Wildman–Crippen LogP) is 3.46. The zero-order valence-electron chi connectivity index (χ0n) is 7.38. The van der Waals surface area contributed by atoms with Gasteiger partial charge in [0.1, 0.15) is 0 Å². The molecule has 0 bridgehead atoms. The van der Waals surface area contributed by atoms with E-state index in [4.69, 9.17) is 16.9 Å². The molecule has 68 valence electrons. The van der Waals surface area contributed by atoms with Crippen molar-refractivity contribution in [3.05, 3.63) is 34.3 Å². The minimum atomic E-state index is 0.621. The van der Waals surface area contributed by atoms with Crippen LogP contribution in [0.15, 0.2) is 18.2 Å². The van der Waals surface area contributed by atoms with E-state index in [0.717, 1.165) is 17.1 Å². The smallest absolute Gasteiger partial charge is 0.0992 e. The molecule has 0 N–H and O–H groups in total. The van der Waals surface area contributed by atoms with Crippen molar-refractivity contribution < 1.29 is 0 Å². The van der Waals surface area contributed by atoms with Gasteiger partial charge in [-0.15, -0.1) is 0 Å². The number of nitrogens with zero attached hydrogens (tertiary/aromatic N) is 1. The van der Waals surface area contributed by atoms with Crippen LogP contribution in [0.4, 0.5) is 0 Å². The Morgan fingerprint density at radius 1 is 1.54 bits per heavy atom. The second-order valence-corrected chi connectivity index (χ2v) is 4.24. The van der Waals surface area contributed by atoms with Crippen molar-refractivity contribution in [1.82, 2.24) is 0 Å². The van der Waals surface area contributed by atoms with Crippen LogP contribution in [0.1, 0.15) is 18.1 Å². The van der Waals surface area contributed by atoms with Gasteiger partial charge in [-0.1, -0.05) is 24.6 Å². The number of benzene rings is 1. The van der Waals surface area contributed by atoms with Crippen molar-refractivity contribution in [3.8, 4) is 6.07 Å². The maximum atomic E-state index is 8.62. The van der Waals surface area contributed by atoms with Crippen molar-refractivity contribution in [2.45, 2.75) is 12.7 Å². The van der Waals surface area contributed by atoms with E-state index in [1.165, 1.54) is 0 Å². The lowest BCUT2D eigenvalue weighted by atomic mass is 10.2. The third-order valence-corrected chi connectivity index (χ3v) is 2.92. The number of thioether (sulfide) groups is 1. The highest BCUT2D eigenvalue weighted by molar-refractivity contribution is 7.98. The van der Waals surface area contributed by atoms with Gasteiger partial charge in [-0.05, 0) is 23.4 Å². The number of nitriles is 1. The Bertz CT molecular complexity index is 330. The first-order chi connectivity index (χ1) is 6.27. The molecule has 0 spiro atoms. The largest absolute Gasteiger partial charge is 0.192 e. The average molecular weight is 212 g/mol. The number of hydrogen-bond donors (Lipinski definition) is 0. The Balaban J connectivity index is 2.81. The molecule has 1 aromatic rings. The van der Waals surface area contributed by atoms with Crippen LogP contribution in [0.2, 0.25) is 5.02 Å². The highest BCUT2D eigenvalue weighted by Crippen LogP contribution is 2.22. The first-order valence-electron chi connectivity index (χ1n) is 4.04. The Kier molecular flexibility index (Phi) is 4.14. The van der Waals surface area contributed by atoms with Crippen LogP contribution in [0, 0.1) is 11.3 Å². The zero-order chi connectivity index (χ0) is 9.68. The lowest BCUT2D eigenvalue weighted by molar-refractivity contribution is 1.38. The first kappa shape index (κ1) is 10.4. The van der Waals surface area contributed by atoms with Gasteiger partial charge in [-0.25, -0.2) is 0 Å². The van der Waals surface area contributed by atoms with E-state index >= 15 is 0 Å². The molecule has 0 radical (unpaired) electrons. The van der Waals surface area contributed by atoms with Crippen LogP contribution >= 0.6 is 23.4 Å². The molecule has 13 heavy (non-hydrogen) atoms. The molecule has 0 aliphatic heterocycles. The summed E-state index contributed by atoms with van der Waals surface area (Å²) in [7, 11) is 0. The second kappa shape index (κ2) is 5.16. The molecule has 0 aromatic heterocycles. The van der Waals surface area contributed by atoms with Gasteiger partial charge in [0.05, 0.1) is 11.6 Å². The molecule has 3 heteroatoms. The van der Waals surface area contributed by atoms with Gasteiger partial charge in [-0.2, -0.15) is 17.0 Å². The fourth-order valence-electron chi connectivity index (χ4n) is 0.946. The average Bonchev–Trinajstić information content (AvgIpc) is 2.16. The van der Waals surface area contributed by atoms with Gasteiger partial charge >= 0.3 is 0 Å². The quantitative estimate of drug-likeness (QED) is 0.765. The molecule has 0 fully saturated rings. The summed E-state index contributed by atoms with van der Waals surface area (Å²) in [5.74, 6) is 2.00. The molecule has 0 heterocycles. The summed E-state index contributed by atoms with van der Waals surface area (Å²) in [4.78, 5) is 0. The molecule has 0 saturated heterocycles. The maximum absolute atomic E-state index is 8.62. The highest BCUT2D eigenvalue weighted by atomic mass is 35.5. The van der Waals surface area contributed by atoms with Crippen LogP contribution in [0.5, 0.6) is 0 Å². The first-order valence-corrected chi connectivity index (χ1v) is 5.57. The summed E-state index contributed by atoms with van der Waals surface area (Å²) >= 11 is 7.80. The molecule has 0 aliphatic rings. The van der Waals surface area contributed by atoms with E-state index in [0.29, 0.717) is 10.6 Å². The molecule has 0 saturated carbocycles. The molecule has 0 amide bonds. The molecule has 1 nitrogen and oxygen atoms in total. The summed E-state index contributed by atoms with van der Waals surface area (Å²) in [5, 5.41) is 9.31. The van der Waals surface area contributed by atoms with Crippen molar-refractivity contribution in [2.24, 2.45) is 0 Å². The predicted molar refractivity (Wildman–Crippen MR) is 58.0 cm³/mol. The zero-order valence-corrected chi connectivity index (χ0v) is 8.95. The Labute approximate surface area is 87.7 Å². The summed E-state index contributed by atoms with van der Waals surface area (Å²) in [6.45, 7) is 2.11. The molecular weight excluding hydrogens is 202 g/mol. The fourth-order valence-corrected chi connectivity index (χ4v) is 1.95. The number of hydrogen-bond acceptors (Lipinski definition) is 2. The lowest BCUT2D eigenvalue weighted by Gasteiger charge is -2.02. The van der Waals surface area contributed by atoms with E-state index in [-0.39, 0.29) is 0 Å². The van der Waals surface area contributed by atoms with Gasteiger partial charge in [0, 0.05) is 10.8 Å². The third-order valence-electron chi connectivity index (χ3n) is 1.64. The molecular formula is C10H10ClNS. The van der Waals surface area contributed by atoms with E-state index < -0.39 is 0 Å². The van der Waals surface area contributed by atoms with Gasteiger partial charge in [0.2, 0.25) is 0 Å². The van der Waals surface area contributed by atoms with E-state index in [2.05, 4.69) is 13.0 Å². The molecule has 0 aliphatic carbocycles. The normalized spacial score (nSPS) is 9.62. The van der Waals surface area contributed by atoms with Crippen molar-refractivity contribution >= 4 is 23.4 Å². The van der Waals surface area contributed by atoms with Crippen molar-refractivity contribution in [2.75, 3.05) is 5.75 Å². The highest BCUT2D eigenvalue weighted by Gasteiger charge is 2.00. The van der Waals surface area contributed by atoms with Gasteiger partial charge < -0.3 is 0 Å². The second-order valence-electron chi connectivity index (χ2n) is 2.56. The Hall–Kier alpha value is -0.650. The lowest BCUT2D eigenvalue weighted by Crippen LogP contribution is -1.84. The van der Waals surface area contributed by atoms with Crippen LogP contribution < -0.4 is 0 Å². The minimum Gasteiger partial charge on any atom is -0.192 e. The topological polar surface area (TPSA) is 23.8 Å². The minimum absolute atomic E-state index is 0.621. The van der Waals surface area contributed by atoms with Crippen LogP contribution in [0.25, 0.3) is 0 Å². The van der Waals surface area contributed by atoms with Gasteiger partial charge in [0.25, 0.3) is 0 Å². The number of rotatable bonds is 3. The van der Waals surface area contributed by atoms with Crippen molar-refractivity contribution in [3.63, 3.8) is 0 Å². The SMILES string of the molecule is CCSCc1ccc(C#N)cc1Cl. The van der Waals surface area contributed by atoms with E-state index in [1.807, 2.05) is 17.8 Å². The van der Waals surface area contributed by atoms with Crippen LogP contribution in [-0.2, 0) is 5.75 Å². The standard InChI is InChI=1S/C10H10ClNS/c1-2-13-7-9-4-3-8(6-12)5-10(9)11/h3-5H,2,7H2,1H3. The van der Waals surface area contributed by atoms with Crippen LogP contribution in [-0.4, -0.2) is 5.75 Å². The summed E-state index contributed by atoms with van der Waals surface area (Å²) in [6, 6.07) is 7.50. The fraction of sp³-hybridized carbons (Fsp3) is 0.300. The Morgan fingerprint density at radius 3 is 2.85 bits per heavy atom.